The van der Waals surface area contributed by atoms with Crippen molar-refractivity contribution in [2.75, 3.05) is 6.54 Å². The molecule has 0 aromatic carbocycles. The lowest BCUT2D eigenvalue weighted by molar-refractivity contribution is 0.447. The number of rotatable bonds is 5. The van der Waals surface area contributed by atoms with Crippen molar-refractivity contribution in [2.24, 2.45) is 5.92 Å². The molecule has 0 amide bonds. The zero-order valence-corrected chi connectivity index (χ0v) is 8.18. The number of nitrogens with one attached hydrogen (secondary N) is 1. The van der Waals surface area contributed by atoms with Crippen LogP contribution in [0.25, 0.3) is 0 Å². The van der Waals surface area contributed by atoms with Crippen LogP contribution >= 0.6 is 0 Å². The predicted octanol–water partition coefficient (Wildman–Crippen LogP) is 2.73. The predicted molar refractivity (Wildman–Crippen MR) is 54.2 cm³/mol. The minimum absolute atomic E-state index is 0.614. The minimum atomic E-state index is 0.614. The third-order valence-corrected chi connectivity index (χ3v) is 2.75. The average molecular weight is 167 g/mol. The molecule has 0 aliphatic heterocycles. The fraction of sp³-hybridized carbons (Fsp3) is 0.818. The van der Waals surface area contributed by atoms with E-state index < -0.39 is 0 Å². The molecule has 12 heavy (non-hydrogen) atoms. The maximum absolute atomic E-state index is 3.74. The van der Waals surface area contributed by atoms with Crippen LogP contribution in [0.2, 0.25) is 0 Å². The molecule has 0 heterocycles. The van der Waals surface area contributed by atoms with E-state index in [0.717, 1.165) is 12.3 Å². The van der Waals surface area contributed by atoms with Gasteiger partial charge in [-0.15, -0.1) is 6.58 Å². The Bertz CT molecular complexity index is 125. The van der Waals surface area contributed by atoms with E-state index >= 15 is 0 Å². The summed E-state index contributed by atoms with van der Waals surface area (Å²) in [4.78, 5) is 0. The number of hydrogen-bond donors (Lipinski definition) is 1. The number of hydrogen-bond acceptors (Lipinski definition) is 1. The molecule has 1 unspecified atom stereocenters. The highest BCUT2D eigenvalue weighted by Gasteiger charge is 2.14. The van der Waals surface area contributed by atoms with Crippen LogP contribution in [0, 0.1) is 5.92 Å². The third kappa shape index (κ3) is 3.40. The highest BCUT2D eigenvalue weighted by atomic mass is 14.9. The molecule has 1 aliphatic rings. The second-order valence-electron chi connectivity index (χ2n) is 3.98. The largest absolute Gasteiger partial charge is 0.314 e. The van der Waals surface area contributed by atoms with Crippen LogP contribution in [-0.4, -0.2) is 12.6 Å². The van der Waals surface area contributed by atoms with Gasteiger partial charge in [0.15, 0.2) is 0 Å². The van der Waals surface area contributed by atoms with Crippen molar-refractivity contribution in [3.05, 3.63) is 12.7 Å². The molecule has 1 aliphatic carbocycles. The Kier molecular flexibility index (Phi) is 4.37. The zero-order chi connectivity index (χ0) is 8.81. The Morgan fingerprint density at radius 1 is 1.50 bits per heavy atom. The monoisotopic (exact) mass is 167 g/mol. The van der Waals surface area contributed by atoms with Crippen LogP contribution in [0.15, 0.2) is 12.7 Å². The lowest BCUT2D eigenvalue weighted by Crippen LogP contribution is -2.29. The molecule has 1 nitrogen and oxygen atoms in total. The molecule has 1 heteroatoms. The van der Waals surface area contributed by atoms with Crippen molar-refractivity contribution >= 4 is 0 Å². The van der Waals surface area contributed by atoms with Gasteiger partial charge in [-0.1, -0.05) is 18.9 Å². The molecule has 1 saturated carbocycles. The molecule has 0 spiro atoms. The Balaban J connectivity index is 2.03. The van der Waals surface area contributed by atoms with E-state index in [2.05, 4.69) is 18.8 Å². The first-order valence-electron chi connectivity index (χ1n) is 5.17. The van der Waals surface area contributed by atoms with Crippen molar-refractivity contribution in [1.82, 2.24) is 5.32 Å². The molecule has 0 bridgehead atoms. The van der Waals surface area contributed by atoms with Crippen LogP contribution in [-0.2, 0) is 0 Å². The zero-order valence-electron chi connectivity index (χ0n) is 8.18. The van der Waals surface area contributed by atoms with Crippen molar-refractivity contribution in [3.8, 4) is 0 Å². The molecule has 1 atom stereocenters. The van der Waals surface area contributed by atoms with E-state index in [-0.39, 0.29) is 0 Å². The molecule has 0 radical (unpaired) electrons. The van der Waals surface area contributed by atoms with Gasteiger partial charge in [-0.25, -0.2) is 0 Å². The van der Waals surface area contributed by atoms with Gasteiger partial charge in [0.25, 0.3) is 0 Å². The topological polar surface area (TPSA) is 12.0 Å². The standard InChI is InChI=1S/C11H21N/c1-3-6-10(2)12-9-11-7-4-5-8-11/h3,10-12H,1,4-9H2,2H3. The van der Waals surface area contributed by atoms with Crippen molar-refractivity contribution in [2.45, 2.75) is 45.1 Å². The van der Waals surface area contributed by atoms with Crippen molar-refractivity contribution < 1.29 is 0 Å². The smallest absolute Gasteiger partial charge is 0.00732 e. The Labute approximate surface area is 76.2 Å². The first-order chi connectivity index (χ1) is 5.83. The van der Waals surface area contributed by atoms with E-state index in [1.807, 2.05) is 6.08 Å². The summed E-state index contributed by atoms with van der Waals surface area (Å²) >= 11 is 0. The Hall–Kier alpha value is -0.300. The van der Waals surface area contributed by atoms with E-state index in [9.17, 15) is 0 Å². The highest BCUT2D eigenvalue weighted by molar-refractivity contribution is 4.77. The van der Waals surface area contributed by atoms with Crippen LogP contribution < -0.4 is 5.32 Å². The quantitative estimate of drug-likeness (QED) is 0.621. The van der Waals surface area contributed by atoms with Gasteiger partial charge in [0.05, 0.1) is 0 Å². The molecule has 70 valence electrons. The highest BCUT2D eigenvalue weighted by Crippen LogP contribution is 2.23. The van der Waals surface area contributed by atoms with Gasteiger partial charge in [-0.3, -0.25) is 0 Å². The fourth-order valence-corrected chi connectivity index (χ4v) is 1.92. The first kappa shape index (κ1) is 9.79. The summed E-state index contributed by atoms with van der Waals surface area (Å²) in [6.45, 7) is 7.19. The van der Waals surface area contributed by atoms with Crippen LogP contribution in [0.3, 0.4) is 0 Å². The van der Waals surface area contributed by atoms with Crippen LogP contribution in [0.5, 0.6) is 0 Å². The van der Waals surface area contributed by atoms with Gasteiger partial charge in [0.1, 0.15) is 0 Å². The molecular weight excluding hydrogens is 146 g/mol. The first-order valence-corrected chi connectivity index (χ1v) is 5.17. The second-order valence-corrected chi connectivity index (χ2v) is 3.98. The maximum Gasteiger partial charge on any atom is 0.00732 e. The van der Waals surface area contributed by atoms with Crippen LogP contribution in [0.4, 0.5) is 0 Å². The van der Waals surface area contributed by atoms with Gasteiger partial charge in [0, 0.05) is 6.04 Å². The summed E-state index contributed by atoms with van der Waals surface area (Å²) in [5, 5.41) is 3.55. The summed E-state index contributed by atoms with van der Waals surface area (Å²) < 4.78 is 0. The summed E-state index contributed by atoms with van der Waals surface area (Å²) in [5.41, 5.74) is 0. The molecule has 0 aromatic heterocycles. The fourth-order valence-electron chi connectivity index (χ4n) is 1.92. The second kappa shape index (κ2) is 5.36. The molecule has 1 rings (SSSR count). The molecule has 1 N–H and O–H groups in total. The summed E-state index contributed by atoms with van der Waals surface area (Å²) in [6, 6.07) is 0.614. The van der Waals surface area contributed by atoms with E-state index in [1.165, 1.54) is 32.2 Å². The molecular formula is C11H21N. The van der Waals surface area contributed by atoms with Gasteiger partial charge >= 0.3 is 0 Å². The summed E-state index contributed by atoms with van der Waals surface area (Å²) in [7, 11) is 0. The van der Waals surface area contributed by atoms with E-state index in [4.69, 9.17) is 0 Å². The normalized spacial score (nSPS) is 21.1. The SMILES string of the molecule is C=CCC(C)NCC1CCCC1. The maximum atomic E-state index is 3.74. The minimum Gasteiger partial charge on any atom is -0.314 e. The van der Waals surface area contributed by atoms with Crippen LogP contribution in [0.1, 0.15) is 39.0 Å². The van der Waals surface area contributed by atoms with Gasteiger partial charge in [-0.05, 0) is 38.6 Å². The van der Waals surface area contributed by atoms with Crippen molar-refractivity contribution in [3.63, 3.8) is 0 Å². The van der Waals surface area contributed by atoms with Crippen molar-refractivity contribution in [1.29, 1.82) is 0 Å². The van der Waals surface area contributed by atoms with E-state index in [1.54, 1.807) is 0 Å². The summed E-state index contributed by atoms with van der Waals surface area (Å²) in [6.07, 6.45) is 8.85. The summed E-state index contributed by atoms with van der Waals surface area (Å²) in [5.74, 6) is 0.956. The lowest BCUT2D eigenvalue weighted by atomic mass is 10.1. The third-order valence-electron chi connectivity index (χ3n) is 2.75. The molecule has 0 aromatic rings. The Morgan fingerprint density at radius 3 is 2.75 bits per heavy atom. The molecule has 1 fully saturated rings. The van der Waals surface area contributed by atoms with E-state index in [0.29, 0.717) is 6.04 Å². The Morgan fingerprint density at radius 2 is 2.17 bits per heavy atom. The van der Waals surface area contributed by atoms with Gasteiger partial charge < -0.3 is 5.32 Å². The molecule has 0 saturated heterocycles. The van der Waals surface area contributed by atoms with Gasteiger partial charge in [0.2, 0.25) is 0 Å². The average Bonchev–Trinajstić information content (AvgIpc) is 2.53. The van der Waals surface area contributed by atoms with Gasteiger partial charge in [-0.2, -0.15) is 0 Å². The lowest BCUT2D eigenvalue weighted by Gasteiger charge is -2.15.